The van der Waals surface area contributed by atoms with Gasteiger partial charge in [-0.05, 0) is 35.9 Å². The van der Waals surface area contributed by atoms with Crippen molar-refractivity contribution in [2.45, 2.75) is 30.8 Å². The van der Waals surface area contributed by atoms with Crippen LogP contribution in [0.5, 0.6) is 5.75 Å². The monoisotopic (exact) mass is 545 g/mol. The van der Waals surface area contributed by atoms with E-state index in [9.17, 15) is 14.4 Å². The second-order valence-corrected chi connectivity index (χ2v) is 11.0. The molecule has 3 aromatic carbocycles. The number of anilines is 1. The van der Waals surface area contributed by atoms with Gasteiger partial charge in [0.25, 0.3) is 0 Å². The Hall–Kier alpha value is -3.75. The minimum absolute atomic E-state index is 0.0986. The highest BCUT2D eigenvalue weighted by molar-refractivity contribution is 7.22. The number of likely N-dealkylation sites (tertiary alicyclic amines) is 1. The summed E-state index contributed by atoms with van der Waals surface area (Å²) in [6.07, 6.45) is 1.66. The Morgan fingerprint density at radius 2 is 1.84 bits per heavy atom. The van der Waals surface area contributed by atoms with E-state index in [1.807, 2.05) is 66.7 Å². The highest BCUT2D eigenvalue weighted by Gasteiger charge is 2.41. The van der Waals surface area contributed by atoms with Crippen molar-refractivity contribution in [2.24, 2.45) is 0 Å². The first-order chi connectivity index (χ1) is 18.5. The third kappa shape index (κ3) is 4.44. The second kappa shape index (κ2) is 9.85. The summed E-state index contributed by atoms with van der Waals surface area (Å²) in [6, 6.07) is 20.5. The van der Waals surface area contributed by atoms with Crippen LogP contribution in [0.25, 0.3) is 20.8 Å². The molecule has 0 spiro atoms. The Balaban J connectivity index is 1.21. The predicted octanol–water partition coefficient (Wildman–Crippen LogP) is 5.68. The summed E-state index contributed by atoms with van der Waals surface area (Å²) in [5.74, 6) is -0.237. The molecule has 1 atom stereocenters. The molecule has 4 aromatic rings. The molecule has 0 saturated carbocycles. The molecule has 6 rings (SSSR count). The fourth-order valence-electron chi connectivity index (χ4n) is 5.18. The van der Waals surface area contributed by atoms with Crippen LogP contribution in [0.1, 0.15) is 30.7 Å². The minimum atomic E-state index is -1.07. The maximum atomic E-state index is 13.5. The summed E-state index contributed by atoms with van der Waals surface area (Å²) in [7, 11) is 0. The van der Waals surface area contributed by atoms with Crippen molar-refractivity contribution in [1.29, 1.82) is 0 Å². The van der Waals surface area contributed by atoms with E-state index in [4.69, 9.17) is 21.3 Å². The Morgan fingerprint density at radius 1 is 1.08 bits per heavy atom. The van der Waals surface area contributed by atoms with Gasteiger partial charge in [-0.25, -0.2) is 4.98 Å². The summed E-state index contributed by atoms with van der Waals surface area (Å²) in [5, 5.41) is 4.24. The number of carbonyl (C=O) groups is 3. The highest BCUT2D eigenvalue weighted by atomic mass is 35.5. The summed E-state index contributed by atoms with van der Waals surface area (Å²) in [5.41, 5.74) is 2.03. The van der Waals surface area contributed by atoms with E-state index >= 15 is 0 Å². The number of aromatic nitrogens is 1. The number of thiazole rings is 1. The second-order valence-electron chi connectivity index (χ2n) is 9.61. The van der Waals surface area contributed by atoms with Crippen molar-refractivity contribution in [3.8, 4) is 16.3 Å². The van der Waals surface area contributed by atoms with Gasteiger partial charge in [0, 0.05) is 38.0 Å². The van der Waals surface area contributed by atoms with Gasteiger partial charge in [-0.15, -0.1) is 11.3 Å². The topological polar surface area (TPSA) is 88.6 Å². The van der Waals surface area contributed by atoms with E-state index in [1.54, 1.807) is 4.90 Å². The molecule has 1 saturated heterocycles. The van der Waals surface area contributed by atoms with Crippen molar-refractivity contribution < 1.29 is 19.1 Å². The lowest BCUT2D eigenvalue weighted by atomic mass is 9.87. The molecule has 0 bridgehead atoms. The Bertz CT molecular complexity index is 1560. The number of ether oxygens (including phenoxy) is 1. The molecule has 192 valence electrons. The van der Waals surface area contributed by atoms with Crippen molar-refractivity contribution in [3.05, 3.63) is 77.3 Å². The molecule has 1 N–H and O–H groups in total. The first-order valence-electron chi connectivity index (χ1n) is 12.4. The zero-order valence-electron chi connectivity index (χ0n) is 20.4. The molecular weight excluding hydrogens is 522 g/mol. The van der Waals surface area contributed by atoms with Crippen LogP contribution in [0.3, 0.4) is 0 Å². The summed E-state index contributed by atoms with van der Waals surface area (Å²) in [4.78, 5) is 44.6. The number of nitrogens with zero attached hydrogens (tertiary/aromatic N) is 2. The lowest BCUT2D eigenvalue weighted by Gasteiger charge is -2.40. The quantitative estimate of drug-likeness (QED) is 0.326. The standard InChI is InChI=1S/C29H24ClN3O4S/c30-21-8-5-10-23-26(21)38-27(32-23)19-7-2-4-11-24(19)37-29(17-34)12-14-33(15-13-29)28(36)20-16-25(35)31-22-9-3-1-6-18(20)22/h1-11,17,20H,12-16H2,(H,31,35). The van der Waals surface area contributed by atoms with Gasteiger partial charge in [0.15, 0.2) is 11.9 Å². The van der Waals surface area contributed by atoms with Crippen LogP contribution in [0.4, 0.5) is 5.69 Å². The summed E-state index contributed by atoms with van der Waals surface area (Å²) < 4.78 is 7.31. The molecule has 1 aromatic heterocycles. The molecule has 2 aliphatic rings. The van der Waals surface area contributed by atoms with Crippen molar-refractivity contribution in [1.82, 2.24) is 9.88 Å². The number of rotatable bonds is 5. The fraction of sp³-hybridized carbons (Fsp3) is 0.241. The zero-order chi connectivity index (χ0) is 26.3. The van der Waals surface area contributed by atoms with E-state index in [1.165, 1.54) is 11.3 Å². The average Bonchev–Trinajstić information content (AvgIpc) is 3.38. The van der Waals surface area contributed by atoms with Crippen LogP contribution in [-0.4, -0.2) is 46.7 Å². The van der Waals surface area contributed by atoms with Gasteiger partial charge >= 0.3 is 0 Å². The van der Waals surface area contributed by atoms with Gasteiger partial charge in [0.05, 0.1) is 26.7 Å². The van der Waals surface area contributed by atoms with Crippen molar-refractivity contribution in [3.63, 3.8) is 0 Å². The molecule has 9 heteroatoms. The maximum absolute atomic E-state index is 13.5. The largest absolute Gasteiger partial charge is 0.479 e. The fourth-order valence-corrected chi connectivity index (χ4v) is 6.47. The number of halogens is 1. The number of carbonyl (C=O) groups excluding carboxylic acids is 3. The molecule has 38 heavy (non-hydrogen) atoms. The van der Waals surface area contributed by atoms with Gasteiger partial charge in [-0.1, -0.05) is 48.0 Å². The molecule has 0 aliphatic carbocycles. The van der Waals surface area contributed by atoms with Crippen LogP contribution in [0, 0.1) is 0 Å². The number of piperidine rings is 1. The number of aldehydes is 1. The van der Waals surface area contributed by atoms with Gasteiger partial charge < -0.3 is 15.0 Å². The van der Waals surface area contributed by atoms with E-state index in [0.717, 1.165) is 32.6 Å². The van der Waals surface area contributed by atoms with E-state index in [2.05, 4.69) is 5.32 Å². The van der Waals surface area contributed by atoms with E-state index in [0.29, 0.717) is 42.4 Å². The SMILES string of the molecule is O=CC1(Oc2ccccc2-c2nc3cccc(Cl)c3s2)CCN(C(=O)C2CC(=O)Nc3ccccc32)CC1. The number of para-hydroxylation sites is 2. The average molecular weight is 546 g/mol. The van der Waals surface area contributed by atoms with Crippen LogP contribution in [-0.2, 0) is 14.4 Å². The number of hydrogen-bond donors (Lipinski definition) is 1. The number of benzene rings is 3. The van der Waals surface area contributed by atoms with Crippen LogP contribution < -0.4 is 10.1 Å². The number of hydrogen-bond acceptors (Lipinski definition) is 6. The van der Waals surface area contributed by atoms with Crippen LogP contribution in [0.2, 0.25) is 5.02 Å². The molecule has 2 amide bonds. The number of amides is 2. The van der Waals surface area contributed by atoms with Gasteiger partial charge in [0.2, 0.25) is 11.8 Å². The molecule has 2 aliphatic heterocycles. The van der Waals surface area contributed by atoms with Crippen LogP contribution >= 0.6 is 22.9 Å². The number of nitrogens with one attached hydrogen (secondary N) is 1. The lowest BCUT2D eigenvalue weighted by Crippen LogP contribution is -2.52. The first-order valence-corrected chi connectivity index (χ1v) is 13.6. The zero-order valence-corrected chi connectivity index (χ0v) is 21.9. The van der Waals surface area contributed by atoms with E-state index in [-0.39, 0.29) is 18.2 Å². The molecule has 1 fully saturated rings. The molecule has 0 radical (unpaired) electrons. The summed E-state index contributed by atoms with van der Waals surface area (Å²) in [6.45, 7) is 0.716. The van der Waals surface area contributed by atoms with Gasteiger partial charge in [-0.3, -0.25) is 14.4 Å². The molecule has 3 heterocycles. The lowest BCUT2D eigenvalue weighted by molar-refractivity contribution is -0.140. The third-order valence-corrected chi connectivity index (χ3v) is 8.80. The Kier molecular flexibility index (Phi) is 6.37. The Morgan fingerprint density at radius 3 is 2.63 bits per heavy atom. The first kappa shape index (κ1) is 24.6. The normalized spacial score (nSPS) is 18.5. The molecule has 1 unspecified atom stereocenters. The summed E-state index contributed by atoms with van der Waals surface area (Å²) >= 11 is 7.85. The maximum Gasteiger partial charge on any atom is 0.230 e. The van der Waals surface area contributed by atoms with Crippen molar-refractivity contribution in [2.75, 3.05) is 18.4 Å². The van der Waals surface area contributed by atoms with Gasteiger partial charge in [0.1, 0.15) is 10.8 Å². The predicted molar refractivity (Wildman–Crippen MR) is 148 cm³/mol. The smallest absolute Gasteiger partial charge is 0.230 e. The Labute approximate surface area is 228 Å². The number of fused-ring (bicyclic) bond motifs is 2. The molecular formula is C29H24ClN3O4S. The van der Waals surface area contributed by atoms with Crippen LogP contribution in [0.15, 0.2) is 66.7 Å². The third-order valence-electron chi connectivity index (χ3n) is 7.23. The minimum Gasteiger partial charge on any atom is -0.479 e. The highest BCUT2D eigenvalue weighted by Crippen LogP contribution is 2.41. The van der Waals surface area contributed by atoms with Gasteiger partial charge in [-0.2, -0.15) is 0 Å². The van der Waals surface area contributed by atoms with E-state index < -0.39 is 11.5 Å². The van der Waals surface area contributed by atoms with Crippen molar-refractivity contribution >= 4 is 56.9 Å². The molecule has 7 nitrogen and oxygen atoms in total.